The van der Waals surface area contributed by atoms with Gasteiger partial charge in [-0.25, -0.2) is 4.79 Å². The topological polar surface area (TPSA) is 90.9 Å². The molecule has 0 heterocycles. The molecule has 0 radical (unpaired) electrons. The Balaban J connectivity index is 1.78. The molecule has 154 valence electrons. The first-order valence-electron chi connectivity index (χ1n) is 9.23. The lowest BCUT2D eigenvalue weighted by Crippen LogP contribution is -2.37. The molecule has 2 rings (SSSR count). The molecular weight excluding hydrogens is 374 g/mol. The second kappa shape index (κ2) is 10.8. The van der Waals surface area contributed by atoms with Gasteiger partial charge in [0.05, 0.1) is 7.11 Å². The Morgan fingerprint density at radius 2 is 1.76 bits per heavy atom. The zero-order valence-electron chi connectivity index (χ0n) is 16.8. The number of benzene rings is 2. The summed E-state index contributed by atoms with van der Waals surface area (Å²) in [4.78, 5) is 35.5. The number of methoxy groups -OCH3 is 1. The van der Waals surface area contributed by atoms with E-state index in [9.17, 15) is 14.4 Å². The molecule has 1 atom stereocenters. The van der Waals surface area contributed by atoms with Crippen molar-refractivity contribution in [2.45, 2.75) is 26.4 Å². The standard InChI is InChI=1S/C22H25NO6/c1-15(24)18-9-10-19(20(13-18)27-3)28-14-21(25)29-16(2)22(26)23-12-11-17-7-5-4-6-8-17/h4-10,13,16H,11-12,14H2,1-3H3,(H,23,26)/t16-/m0/s1. The number of ether oxygens (including phenoxy) is 3. The third-order valence-electron chi connectivity index (χ3n) is 4.15. The molecule has 0 saturated heterocycles. The van der Waals surface area contributed by atoms with Crippen LogP contribution in [-0.2, 0) is 20.7 Å². The summed E-state index contributed by atoms with van der Waals surface area (Å²) in [5, 5.41) is 2.74. The van der Waals surface area contributed by atoms with E-state index in [2.05, 4.69) is 5.32 Å². The van der Waals surface area contributed by atoms with Crippen LogP contribution in [0.25, 0.3) is 0 Å². The van der Waals surface area contributed by atoms with Gasteiger partial charge in [-0.05, 0) is 44.0 Å². The zero-order chi connectivity index (χ0) is 21.2. The van der Waals surface area contributed by atoms with Gasteiger partial charge in [-0.2, -0.15) is 0 Å². The lowest BCUT2D eigenvalue weighted by atomic mass is 10.1. The molecule has 7 heteroatoms. The van der Waals surface area contributed by atoms with Gasteiger partial charge in [0, 0.05) is 12.1 Å². The highest BCUT2D eigenvalue weighted by molar-refractivity contribution is 5.94. The van der Waals surface area contributed by atoms with Crippen molar-refractivity contribution in [1.29, 1.82) is 0 Å². The van der Waals surface area contributed by atoms with Gasteiger partial charge in [0.15, 0.2) is 30.0 Å². The monoisotopic (exact) mass is 399 g/mol. The minimum absolute atomic E-state index is 0.110. The molecule has 7 nitrogen and oxygen atoms in total. The lowest BCUT2D eigenvalue weighted by Gasteiger charge is -2.15. The fourth-order valence-corrected chi connectivity index (χ4v) is 2.55. The predicted octanol–water partition coefficient (Wildman–Crippen LogP) is 2.57. The molecule has 0 aliphatic rings. The summed E-state index contributed by atoms with van der Waals surface area (Å²) < 4.78 is 15.7. The number of hydrogen-bond acceptors (Lipinski definition) is 6. The highest BCUT2D eigenvalue weighted by Crippen LogP contribution is 2.28. The largest absolute Gasteiger partial charge is 0.493 e. The van der Waals surface area contributed by atoms with Crippen LogP contribution in [-0.4, -0.2) is 44.0 Å². The fourth-order valence-electron chi connectivity index (χ4n) is 2.55. The summed E-state index contributed by atoms with van der Waals surface area (Å²) in [5.74, 6) is -0.543. The van der Waals surface area contributed by atoms with Crippen molar-refractivity contribution in [3.05, 3.63) is 59.7 Å². The summed E-state index contributed by atoms with van der Waals surface area (Å²) in [6.45, 7) is 3.00. The van der Waals surface area contributed by atoms with Crippen molar-refractivity contribution < 1.29 is 28.6 Å². The van der Waals surface area contributed by atoms with Gasteiger partial charge in [0.1, 0.15) is 0 Å². The number of rotatable bonds is 10. The third-order valence-corrected chi connectivity index (χ3v) is 4.15. The molecule has 2 aromatic carbocycles. The Hall–Kier alpha value is -3.35. The average molecular weight is 399 g/mol. The summed E-state index contributed by atoms with van der Waals surface area (Å²) >= 11 is 0. The molecule has 1 amide bonds. The number of carbonyl (C=O) groups is 3. The van der Waals surface area contributed by atoms with Crippen LogP contribution < -0.4 is 14.8 Å². The van der Waals surface area contributed by atoms with Crippen molar-refractivity contribution in [2.75, 3.05) is 20.3 Å². The van der Waals surface area contributed by atoms with Crippen LogP contribution in [0.5, 0.6) is 11.5 Å². The molecule has 29 heavy (non-hydrogen) atoms. The van der Waals surface area contributed by atoms with Gasteiger partial charge in [0.25, 0.3) is 5.91 Å². The minimum atomic E-state index is -0.941. The van der Waals surface area contributed by atoms with E-state index in [0.717, 1.165) is 5.56 Å². The highest BCUT2D eigenvalue weighted by atomic mass is 16.6. The van der Waals surface area contributed by atoms with Gasteiger partial charge >= 0.3 is 5.97 Å². The number of ketones is 1. The van der Waals surface area contributed by atoms with Gasteiger partial charge in [-0.1, -0.05) is 30.3 Å². The van der Waals surface area contributed by atoms with Crippen LogP contribution in [0.2, 0.25) is 0 Å². The van der Waals surface area contributed by atoms with Crippen LogP contribution >= 0.6 is 0 Å². The number of hydrogen-bond donors (Lipinski definition) is 1. The van der Waals surface area contributed by atoms with Gasteiger partial charge in [-0.15, -0.1) is 0 Å². The highest BCUT2D eigenvalue weighted by Gasteiger charge is 2.18. The molecule has 0 fully saturated rings. The minimum Gasteiger partial charge on any atom is -0.493 e. The lowest BCUT2D eigenvalue weighted by molar-refractivity contribution is -0.156. The Labute approximate surface area is 170 Å². The van der Waals surface area contributed by atoms with Gasteiger partial charge in [-0.3, -0.25) is 9.59 Å². The molecule has 0 saturated carbocycles. The third kappa shape index (κ3) is 6.95. The van der Waals surface area contributed by atoms with Crippen molar-refractivity contribution >= 4 is 17.7 Å². The van der Waals surface area contributed by atoms with Gasteiger partial charge in [0.2, 0.25) is 0 Å². The maximum Gasteiger partial charge on any atom is 0.344 e. The molecule has 0 spiro atoms. The molecule has 0 aromatic heterocycles. The smallest absolute Gasteiger partial charge is 0.344 e. The first-order valence-corrected chi connectivity index (χ1v) is 9.23. The SMILES string of the molecule is COc1cc(C(C)=O)ccc1OCC(=O)O[C@@H](C)C(=O)NCCc1ccccc1. The first-order chi connectivity index (χ1) is 13.9. The van der Waals surface area contributed by atoms with Crippen molar-refractivity contribution in [2.24, 2.45) is 0 Å². The van der Waals surface area contributed by atoms with Crippen LogP contribution in [0.4, 0.5) is 0 Å². The van der Waals surface area contributed by atoms with Crippen molar-refractivity contribution in [3.63, 3.8) is 0 Å². The van der Waals surface area contributed by atoms with E-state index in [4.69, 9.17) is 14.2 Å². The Morgan fingerprint density at radius 1 is 1.03 bits per heavy atom. The Kier molecular flexibility index (Phi) is 8.21. The summed E-state index contributed by atoms with van der Waals surface area (Å²) in [6.07, 6.45) is -0.254. The van der Waals surface area contributed by atoms with Crippen molar-refractivity contribution in [1.82, 2.24) is 5.32 Å². The first kappa shape index (κ1) is 21.9. The summed E-state index contributed by atoms with van der Waals surface area (Å²) in [6, 6.07) is 14.4. The maximum absolute atomic E-state index is 12.1. The predicted molar refractivity (Wildman–Crippen MR) is 107 cm³/mol. The van der Waals surface area contributed by atoms with Crippen LogP contribution in [0.3, 0.4) is 0 Å². The second-order valence-corrected chi connectivity index (χ2v) is 6.37. The zero-order valence-corrected chi connectivity index (χ0v) is 16.8. The average Bonchev–Trinajstić information content (AvgIpc) is 2.72. The fraction of sp³-hybridized carbons (Fsp3) is 0.318. The van der Waals surface area contributed by atoms with E-state index in [-0.39, 0.29) is 11.7 Å². The van der Waals surface area contributed by atoms with Crippen LogP contribution in [0.1, 0.15) is 29.8 Å². The van der Waals surface area contributed by atoms with Crippen molar-refractivity contribution in [3.8, 4) is 11.5 Å². The molecule has 0 unspecified atom stereocenters. The Bertz CT molecular complexity index is 850. The molecule has 0 aliphatic carbocycles. The maximum atomic E-state index is 12.1. The van der Waals surface area contributed by atoms with E-state index in [1.54, 1.807) is 12.1 Å². The molecule has 1 N–H and O–H groups in total. The number of esters is 1. The molecule has 2 aromatic rings. The quantitative estimate of drug-likeness (QED) is 0.488. The molecule has 0 bridgehead atoms. The van der Waals surface area contributed by atoms with E-state index in [0.29, 0.717) is 30.0 Å². The van der Waals surface area contributed by atoms with E-state index in [1.807, 2.05) is 30.3 Å². The molecular formula is C22H25NO6. The van der Waals surface area contributed by atoms with E-state index >= 15 is 0 Å². The van der Waals surface area contributed by atoms with E-state index < -0.39 is 18.7 Å². The Morgan fingerprint density at radius 3 is 2.41 bits per heavy atom. The summed E-state index contributed by atoms with van der Waals surface area (Å²) in [7, 11) is 1.44. The van der Waals surface area contributed by atoms with Crippen LogP contribution in [0, 0.1) is 0 Å². The number of amides is 1. The van der Waals surface area contributed by atoms with E-state index in [1.165, 1.54) is 27.0 Å². The molecule has 0 aliphatic heterocycles. The summed E-state index contributed by atoms with van der Waals surface area (Å²) in [5.41, 5.74) is 1.58. The van der Waals surface area contributed by atoms with Crippen LogP contribution in [0.15, 0.2) is 48.5 Å². The van der Waals surface area contributed by atoms with Gasteiger partial charge < -0.3 is 19.5 Å². The normalized spacial score (nSPS) is 11.3. The second-order valence-electron chi connectivity index (χ2n) is 6.37. The number of carbonyl (C=O) groups excluding carboxylic acids is 3. The number of Topliss-reactive ketones (excluding diaryl/α,β-unsaturated/α-hetero) is 1. The number of nitrogens with one attached hydrogen (secondary N) is 1.